The highest BCUT2D eigenvalue weighted by Crippen LogP contribution is 2.42. The molecule has 0 aromatic heterocycles. The van der Waals surface area contributed by atoms with Gasteiger partial charge in [0.1, 0.15) is 64.4 Å². The molecule has 0 unspecified atom stereocenters. The Bertz CT molecular complexity index is 1620. The van der Waals surface area contributed by atoms with Gasteiger partial charge in [0.2, 0.25) is 11.5 Å². The van der Waals surface area contributed by atoms with Gasteiger partial charge in [-0.2, -0.15) is 0 Å². The highest BCUT2D eigenvalue weighted by molar-refractivity contribution is 9.11. The predicted molar refractivity (Wildman–Crippen MR) is 273 cm³/mol. The maximum Gasteiger partial charge on any atom is 0.203 e. The maximum absolute atomic E-state index is 6.40. The second-order valence-corrected chi connectivity index (χ2v) is 16.6. The molecule has 0 saturated carbocycles. The van der Waals surface area contributed by atoms with Crippen LogP contribution in [0.15, 0.2) is 45.3 Å². The fourth-order valence-electron chi connectivity index (χ4n) is 5.91. The van der Waals surface area contributed by atoms with Gasteiger partial charge >= 0.3 is 0 Å². The molecule has 0 heterocycles. The van der Waals surface area contributed by atoms with E-state index < -0.39 is 0 Å². The fourth-order valence-corrected chi connectivity index (χ4v) is 6.78. The molecule has 0 saturated heterocycles. The first-order chi connectivity index (χ1) is 35.4. The van der Waals surface area contributed by atoms with Gasteiger partial charge in [0, 0.05) is 42.7 Å². The van der Waals surface area contributed by atoms with E-state index in [4.69, 9.17) is 94.7 Å². The minimum absolute atomic E-state index is 0.140. The zero-order valence-electron chi connectivity index (χ0n) is 42.8. The van der Waals surface area contributed by atoms with Gasteiger partial charge in [0.05, 0.1) is 128 Å². The largest absolute Gasteiger partial charge is 0.488 e. The van der Waals surface area contributed by atoms with Crippen molar-refractivity contribution in [3.05, 3.63) is 56.5 Å². The molecule has 3 rings (SSSR count). The van der Waals surface area contributed by atoms with E-state index in [1.165, 1.54) is 0 Å². The number of methoxy groups -OCH3 is 6. The van der Waals surface area contributed by atoms with Crippen molar-refractivity contribution in [1.29, 1.82) is 0 Å². The molecule has 410 valence electrons. The van der Waals surface area contributed by atoms with Crippen molar-refractivity contribution in [1.82, 2.24) is 0 Å². The van der Waals surface area contributed by atoms with Crippen molar-refractivity contribution in [3.8, 4) is 46.0 Å². The highest BCUT2D eigenvalue weighted by atomic mass is 79.9. The van der Waals surface area contributed by atoms with Crippen molar-refractivity contribution < 1.29 is 94.7 Å². The van der Waals surface area contributed by atoms with E-state index in [9.17, 15) is 0 Å². The lowest BCUT2D eigenvalue weighted by Gasteiger charge is -2.20. The molecule has 0 aliphatic rings. The molecule has 3 aromatic rings. The van der Waals surface area contributed by atoms with Crippen LogP contribution in [0.2, 0.25) is 0 Å². The predicted octanol–water partition coefficient (Wildman–Crippen LogP) is 6.62. The lowest BCUT2D eigenvalue weighted by Crippen LogP contribution is -2.15. The molecule has 0 amide bonds. The monoisotopic (exact) mass is 1150 g/mol. The van der Waals surface area contributed by atoms with Crippen LogP contribution < -0.4 is 37.9 Å². The normalized spacial score (nSPS) is 11.2. The Labute approximate surface area is 441 Å². The smallest absolute Gasteiger partial charge is 0.203 e. The van der Waals surface area contributed by atoms with Gasteiger partial charge < -0.3 is 94.7 Å². The van der Waals surface area contributed by atoms with Crippen LogP contribution in [0, 0.1) is 0 Å². The summed E-state index contributed by atoms with van der Waals surface area (Å²) in [6.07, 6.45) is 0. The van der Waals surface area contributed by atoms with E-state index in [-0.39, 0.29) is 52.9 Å². The molecule has 0 N–H and O–H groups in total. The van der Waals surface area contributed by atoms with E-state index in [1.54, 1.807) is 42.7 Å². The zero-order valence-corrected chi connectivity index (χ0v) is 45.9. The summed E-state index contributed by atoms with van der Waals surface area (Å²) < 4.78 is 116. The highest BCUT2D eigenvalue weighted by Gasteiger charge is 2.20. The van der Waals surface area contributed by atoms with Crippen LogP contribution in [0.5, 0.6) is 46.0 Å². The average Bonchev–Trinajstić information content (AvgIpc) is 3.38. The average molecular weight is 1160 g/mol. The van der Waals surface area contributed by atoms with E-state index in [2.05, 4.69) is 31.9 Å². The zero-order chi connectivity index (χ0) is 51.7. The van der Waals surface area contributed by atoms with Crippen molar-refractivity contribution in [2.24, 2.45) is 0 Å². The van der Waals surface area contributed by atoms with E-state index >= 15 is 0 Å². The van der Waals surface area contributed by atoms with Crippen molar-refractivity contribution in [2.75, 3.05) is 201 Å². The number of ether oxygens (including phenoxy) is 20. The summed E-state index contributed by atoms with van der Waals surface area (Å²) in [4.78, 5) is 0. The number of hydrogen-bond donors (Lipinski definition) is 0. The Hall–Kier alpha value is -3.46. The Morgan fingerprint density at radius 3 is 0.708 bits per heavy atom. The number of hydrogen-bond acceptors (Lipinski definition) is 20. The van der Waals surface area contributed by atoms with Gasteiger partial charge in [-0.3, -0.25) is 0 Å². The third-order valence-electron chi connectivity index (χ3n) is 9.42. The first-order valence-corrected chi connectivity index (χ1v) is 25.2. The summed E-state index contributed by atoms with van der Waals surface area (Å²) >= 11 is 7.39. The van der Waals surface area contributed by atoms with Crippen LogP contribution in [0.1, 0.15) is 11.1 Å². The van der Waals surface area contributed by atoms with Crippen LogP contribution >= 0.6 is 31.9 Å². The lowest BCUT2D eigenvalue weighted by atomic mass is 10.2. The SMILES string of the molecule is COCCOCCOc1cc(COc2cc(Br)c(OCc3cc(OCCOCCOC)c(OCCOCCOC)c(OCCOCCOC)c3)cc2Br)cc(OCCOCCOC)c1OCCOCCOC. The summed E-state index contributed by atoms with van der Waals surface area (Å²) in [5, 5.41) is 0. The topological polar surface area (TPSA) is 185 Å². The molecular weight excluding hydrogens is 1080 g/mol. The first-order valence-electron chi connectivity index (χ1n) is 23.6. The van der Waals surface area contributed by atoms with Crippen LogP contribution in [-0.2, 0) is 70.1 Å². The summed E-state index contributed by atoms with van der Waals surface area (Å²) in [5.74, 6) is 3.70. The molecule has 0 aliphatic heterocycles. The third-order valence-corrected chi connectivity index (χ3v) is 10.7. The second kappa shape index (κ2) is 41.8. The molecule has 22 heteroatoms. The summed E-state index contributed by atoms with van der Waals surface area (Å²) in [7, 11) is 9.73. The minimum atomic E-state index is 0.140. The Morgan fingerprint density at radius 2 is 0.472 bits per heavy atom. The van der Waals surface area contributed by atoms with E-state index in [0.717, 1.165) is 11.1 Å². The molecule has 0 bridgehead atoms. The maximum atomic E-state index is 6.40. The molecule has 3 aromatic carbocycles. The van der Waals surface area contributed by atoms with Crippen molar-refractivity contribution in [3.63, 3.8) is 0 Å². The summed E-state index contributed by atoms with van der Waals surface area (Å²) in [5.41, 5.74) is 1.50. The third kappa shape index (κ3) is 27.2. The van der Waals surface area contributed by atoms with Crippen LogP contribution in [0.25, 0.3) is 0 Å². The van der Waals surface area contributed by atoms with Gasteiger partial charge in [-0.25, -0.2) is 0 Å². The standard InChI is InChI=1S/C50H76Br2O20/c1-53-7-13-59-19-25-65-45-31-39(32-46(66-26-20-60-14-8-54-2)49(45)69-29-23-63-17-11-57-5)37-71-43-35-42(52)44(36-41(43)51)72-38-40-33-47(67-27-21-61-15-9-55-3)50(70-30-24-64-18-12-58-6)48(34-40)68-28-22-62-16-10-56-4/h31-36H,7-30,37-38H2,1-6H3. The lowest BCUT2D eigenvalue weighted by molar-refractivity contribution is 0.0468. The molecule has 0 spiro atoms. The molecule has 0 radical (unpaired) electrons. The Balaban J connectivity index is 1.85. The second-order valence-electron chi connectivity index (χ2n) is 14.9. The minimum Gasteiger partial charge on any atom is -0.488 e. The van der Waals surface area contributed by atoms with Crippen molar-refractivity contribution in [2.45, 2.75) is 13.2 Å². The van der Waals surface area contributed by atoms with Gasteiger partial charge in [-0.1, -0.05) is 0 Å². The summed E-state index contributed by atoms with van der Waals surface area (Å²) in [6.45, 7) is 9.12. The number of rotatable bonds is 48. The van der Waals surface area contributed by atoms with E-state index in [1.807, 2.05) is 36.4 Å². The fraction of sp³-hybridized carbons (Fsp3) is 0.640. The molecule has 0 aliphatic carbocycles. The van der Waals surface area contributed by atoms with E-state index in [0.29, 0.717) is 174 Å². The first kappa shape index (κ1) is 62.8. The van der Waals surface area contributed by atoms with Crippen LogP contribution in [-0.4, -0.2) is 201 Å². The molecule has 0 atom stereocenters. The Kier molecular flexibility index (Phi) is 36.5. The molecular formula is C50H76Br2O20. The van der Waals surface area contributed by atoms with Gasteiger partial charge in [0.25, 0.3) is 0 Å². The van der Waals surface area contributed by atoms with Gasteiger partial charge in [0.15, 0.2) is 23.0 Å². The van der Waals surface area contributed by atoms with Gasteiger partial charge in [-0.05, 0) is 79.4 Å². The Morgan fingerprint density at radius 1 is 0.250 bits per heavy atom. The van der Waals surface area contributed by atoms with Gasteiger partial charge in [-0.15, -0.1) is 0 Å². The molecule has 72 heavy (non-hydrogen) atoms. The van der Waals surface area contributed by atoms with Crippen LogP contribution in [0.3, 0.4) is 0 Å². The quantitative estimate of drug-likeness (QED) is 0.0549. The number of halogens is 2. The molecule has 0 fully saturated rings. The van der Waals surface area contributed by atoms with Crippen molar-refractivity contribution >= 4 is 31.9 Å². The summed E-state index contributed by atoms with van der Waals surface area (Å²) in [6, 6.07) is 11.1. The molecule has 20 nitrogen and oxygen atoms in total. The van der Waals surface area contributed by atoms with Crippen LogP contribution in [0.4, 0.5) is 0 Å². The number of benzene rings is 3.